The van der Waals surface area contributed by atoms with E-state index in [9.17, 15) is 13.2 Å². The number of carbonyl (C=O) groups excluding carboxylic acids is 1. The van der Waals surface area contributed by atoms with Crippen LogP contribution in [0, 0.1) is 5.92 Å². The van der Waals surface area contributed by atoms with Gasteiger partial charge < -0.3 is 5.73 Å². The molecule has 0 aliphatic heterocycles. The second-order valence-corrected chi connectivity index (χ2v) is 7.09. The molecule has 0 aliphatic carbocycles. The van der Waals surface area contributed by atoms with Crippen molar-refractivity contribution in [3.63, 3.8) is 0 Å². The third-order valence-electron chi connectivity index (χ3n) is 3.35. The zero-order valence-corrected chi connectivity index (χ0v) is 12.7. The van der Waals surface area contributed by atoms with E-state index in [-0.39, 0.29) is 9.92 Å². The number of benzene rings is 1. The summed E-state index contributed by atoms with van der Waals surface area (Å²) in [4.78, 5) is 9.39. The number of hydrogen-bond acceptors (Lipinski definition) is 5. The number of nitrogens with one attached hydrogen (secondary N) is 1. The maximum Gasteiger partial charge on any atom is 0.279 e. The lowest BCUT2D eigenvalue weighted by molar-refractivity contribution is -0.133. The standard InChI is InChI=1S/C12H17ClN2O4S/c1-3-8(2)12(14,11(16)15-17)20(18,19)10-6-4-5-9(13)7-10/h4-8,17H,3,14H2,1-2H3,(H,15,16)/t8-,12+/m0/s1. The van der Waals surface area contributed by atoms with Crippen LogP contribution in [-0.4, -0.2) is 24.4 Å². The molecule has 0 spiro atoms. The Balaban J connectivity index is 3.51. The van der Waals surface area contributed by atoms with Gasteiger partial charge in [0.05, 0.1) is 4.90 Å². The predicted octanol–water partition coefficient (Wildman–Crippen LogP) is 1.32. The van der Waals surface area contributed by atoms with Gasteiger partial charge in [-0.05, 0) is 24.1 Å². The van der Waals surface area contributed by atoms with Crippen molar-refractivity contribution in [1.29, 1.82) is 0 Å². The molecule has 0 saturated heterocycles. The lowest BCUT2D eigenvalue weighted by Gasteiger charge is -2.32. The fourth-order valence-corrected chi connectivity index (χ4v) is 4.00. The van der Waals surface area contributed by atoms with E-state index in [1.54, 1.807) is 6.92 Å². The van der Waals surface area contributed by atoms with Gasteiger partial charge in [-0.2, -0.15) is 0 Å². The first-order valence-electron chi connectivity index (χ1n) is 5.95. The summed E-state index contributed by atoms with van der Waals surface area (Å²) in [6.07, 6.45) is 0.337. The van der Waals surface area contributed by atoms with Gasteiger partial charge in [-0.1, -0.05) is 37.9 Å². The highest BCUT2D eigenvalue weighted by Crippen LogP contribution is 2.31. The highest BCUT2D eigenvalue weighted by molar-refractivity contribution is 7.93. The van der Waals surface area contributed by atoms with Crippen LogP contribution in [-0.2, 0) is 14.6 Å². The summed E-state index contributed by atoms with van der Waals surface area (Å²) in [6, 6.07) is 5.47. The van der Waals surface area contributed by atoms with E-state index >= 15 is 0 Å². The van der Waals surface area contributed by atoms with E-state index in [2.05, 4.69) is 0 Å². The number of amides is 1. The van der Waals surface area contributed by atoms with Crippen molar-refractivity contribution in [2.75, 3.05) is 0 Å². The van der Waals surface area contributed by atoms with Crippen LogP contribution in [0.5, 0.6) is 0 Å². The molecule has 0 saturated carbocycles. The Labute approximate surface area is 122 Å². The summed E-state index contributed by atoms with van der Waals surface area (Å²) >= 11 is 5.77. The topological polar surface area (TPSA) is 109 Å². The minimum Gasteiger partial charge on any atom is -0.304 e. The fourth-order valence-electron chi connectivity index (χ4n) is 1.83. The van der Waals surface area contributed by atoms with Crippen LogP contribution in [0.15, 0.2) is 29.2 Å². The van der Waals surface area contributed by atoms with E-state index in [1.807, 2.05) is 0 Å². The Morgan fingerprint density at radius 1 is 1.55 bits per heavy atom. The molecule has 112 valence electrons. The summed E-state index contributed by atoms with van der Waals surface area (Å²) in [5.74, 6) is -1.88. The lowest BCUT2D eigenvalue weighted by atomic mass is 9.99. The molecule has 6 nitrogen and oxygen atoms in total. The molecule has 0 unspecified atom stereocenters. The second-order valence-electron chi connectivity index (χ2n) is 4.50. The Bertz CT molecular complexity index is 605. The van der Waals surface area contributed by atoms with E-state index in [1.165, 1.54) is 36.7 Å². The SMILES string of the molecule is CC[C@H](C)[C@](N)(C(=O)NO)S(=O)(=O)c1cccc(Cl)c1. The molecule has 8 heteroatoms. The first kappa shape index (κ1) is 16.9. The van der Waals surface area contributed by atoms with Gasteiger partial charge in [0, 0.05) is 5.02 Å². The van der Waals surface area contributed by atoms with Crippen molar-refractivity contribution in [2.24, 2.45) is 11.7 Å². The quantitative estimate of drug-likeness (QED) is 0.560. The van der Waals surface area contributed by atoms with Gasteiger partial charge in [0.25, 0.3) is 5.91 Å². The minimum absolute atomic E-state index is 0.170. The first-order valence-corrected chi connectivity index (χ1v) is 7.81. The number of rotatable bonds is 5. The van der Waals surface area contributed by atoms with Crippen LogP contribution in [0.1, 0.15) is 20.3 Å². The molecule has 20 heavy (non-hydrogen) atoms. The highest BCUT2D eigenvalue weighted by Gasteiger charge is 2.51. The molecule has 4 N–H and O–H groups in total. The number of nitrogens with two attached hydrogens (primary N) is 1. The van der Waals surface area contributed by atoms with Crippen molar-refractivity contribution >= 4 is 27.3 Å². The fraction of sp³-hybridized carbons (Fsp3) is 0.417. The maximum atomic E-state index is 12.7. The molecule has 0 fully saturated rings. The van der Waals surface area contributed by atoms with Gasteiger partial charge in [-0.25, -0.2) is 13.9 Å². The van der Waals surface area contributed by atoms with Gasteiger partial charge in [0.2, 0.25) is 14.7 Å². The summed E-state index contributed by atoms with van der Waals surface area (Å²) in [7, 11) is -4.22. The zero-order chi connectivity index (χ0) is 15.6. The average Bonchev–Trinajstić information content (AvgIpc) is 2.44. The van der Waals surface area contributed by atoms with Crippen LogP contribution < -0.4 is 11.2 Å². The Morgan fingerprint density at radius 3 is 2.60 bits per heavy atom. The Hall–Kier alpha value is -1.15. The number of halogens is 1. The lowest BCUT2D eigenvalue weighted by Crippen LogP contribution is -2.62. The molecule has 0 radical (unpaired) electrons. The van der Waals surface area contributed by atoms with Crippen LogP contribution in [0.4, 0.5) is 0 Å². The minimum atomic E-state index is -4.22. The van der Waals surface area contributed by atoms with E-state index < -0.39 is 26.5 Å². The molecular weight excluding hydrogens is 304 g/mol. The predicted molar refractivity (Wildman–Crippen MR) is 74.9 cm³/mol. The van der Waals surface area contributed by atoms with Gasteiger partial charge in [0.1, 0.15) is 0 Å². The second kappa shape index (κ2) is 6.09. The third-order valence-corrected chi connectivity index (χ3v) is 5.94. The smallest absolute Gasteiger partial charge is 0.279 e. The summed E-state index contributed by atoms with van der Waals surface area (Å²) in [6.45, 7) is 3.22. The highest BCUT2D eigenvalue weighted by atomic mass is 35.5. The summed E-state index contributed by atoms with van der Waals surface area (Å²) < 4.78 is 25.3. The number of sulfone groups is 1. The van der Waals surface area contributed by atoms with Crippen molar-refractivity contribution in [1.82, 2.24) is 5.48 Å². The molecule has 0 aliphatic rings. The molecule has 1 aromatic carbocycles. The number of hydrogen-bond donors (Lipinski definition) is 3. The van der Waals surface area contributed by atoms with Crippen LogP contribution in [0.3, 0.4) is 0 Å². The summed E-state index contributed by atoms with van der Waals surface area (Å²) in [5, 5.41) is 9.02. The van der Waals surface area contributed by atoms with Crippen molar-refractivity contribution < 1.29 is 18.4 Å². The zero-order valence-electron chi connectivity index (χ0n) is 11.1. The van der Waals surface area contributed by atoms with Crippen molar-refractivity contribution in [2.45, 2.75) is 30.0 Å². The molecule has 1 aromatic rings. The van der Waals surface area contributed by atoms with Crippen molar-refractivity contribution in [3.8, 4) is 0 Å². The summed E-state index contributed by atoms with van der Waals surface area (Å²) in [5.41, 5.74) is 7.20. The van der Waals surface area contributed by atoms with Crippen LogP contribution in [0.2, 0.25) is 5.02 Å². The number of hydroxylamine groups is 1. The van der Waals surface area contributed by atoms with Gasteiger partial charge >= 0.3 is 0 Å². The van der Waals surface area contributed by atoms with Gasteiger partial charge in [-0.15, -0.1) is 0 Å². The van der Waals surface area contributed by atoms with E-state index in [4.69, 9.17) is 22.5 Å². The van der Waals surface area contributed by atoms with E-state index in [0.717, 1.165) is 0 Å². The largest absolute Gasteiger partial charge is 0.304 e. The molecule has 1 rings (SSSR count). The first-order chi connectivity index (χ1) is 9.21. The molecule has 0 bridgehead atoms. The van der Waals surface area contributed by atoms with Crippen LogP contribution >= 0.6 is 11.6 Å². The Morgan fingerprint density at radius 2 is 2.15 bits per heavy atom. The monoisotopic (exact) mass is 320 g/mol. The average molecular weight is 321 g/mol. The van der Waals surface area contributed by atoms with Crippen LogP contribution in [0.25, 0.3) is 0 Å². The van der Waals surface area contributed by atoms with Gasteiger partial charge in [0.15, 0.2) is 0 Å². The third kappa shape index (κ3) is 2.67. The molecule has 0 heterocycles. The molecule has 0 aromatic heterocycles. The normalized spacial score (nSPS) is 16.2. The van der Waals surface area contributed by atoms with Crippen molar-refractivity contribution in [3.05, 3.63) is 29.3 Å². The molecule has 2 atom stereocenters. The molecule has 1 amide bonds. The maximum absolute atomic E-state index is 12.7. The van der Waals surface area contributed by atoms with Gasteiger partial charge in [-0.3, -0.25) is 10.0 Å². The van der Waals surface area contributed by atoms with E-state index in [0.29, 0.717) is 6.42 Å². The molecular formula is C12H17ClN2O4S. The number of carbonyl (C=O) groups is 1. The Kier molecular flexibility index (Phi) is 5.15.